The fraction of sp³-hybridized carbons (Fsp3) is 0.647. The number of hydrogen-bond acceptors (Lipinski definition) is 6. The van der Waals surface area contributed by atoms with Crippen LogP contribution < -0.4 is 0 Å². The van der Waals surface area contributed by atoms with Crippen molar-refractivity contribution in [2.75, 3.05) is 32.7 Å². The molecule has 3 aliphatic rings. The van der Waals surface area contributed by atoms with Crippen molar-refractivity contribution in [2.24, 2.45) is 0 Å². The smallest absolute Gasteiger partial charge is 0.269 e. The van der Waals surface area contributed by atoms with E-state index in [0.717, 1.165) is 44.7 Å². The van der Waals surface area contributed by atoms with E-state index in [1.807, 2.05) is 12.1 Å². The Kier molecular flexibility index (Phi) is 6.13. The van der Waals surface area contributed by atoms with Gasteiger partial charge in [0.2, 0.25) is 8.37 Å². The molecule has 8 nitrogen and oxygen atoms in total. The summed E-state index contributed by atoms with van der Waals surface area (Å²) in [6, 6.07) is 3.48. The van der Waals surface area contributed by atoms with Crippen LogP contribution in [0, 0.1) is 0 Å². The molecule has 33 heavy (non-hydrogen) atoms. The average molecular weight is 519 g/mol. The van der Waals surface area contributed by atoms with Crippen molar-refractivity contribution in [1.82, 2.24) is 34.0 Å². The second-order valence-corrected chi connectivity index (χ2v) is 12.6. The summed E-state index contributed by atoms with van der Waals surface area (Å²) in [5, 5.41) is 8.45. The van der Waals surface area contributed by atoms with Crippen molar-refractivity contribution < 1.29 is 30.0 Å². The maximum atomic E-state index is 13.4. The molecule has 3 saturated heterocycles. The average Bonchev–Trinajstić information content (AvgIpc) is 3.48. The fourth-order valence-corrected chi connectivity index (χ4v) is 7.65. The van der Waals surface area contributed by atoms with Gasteiger partial charge in [0.1, 0.15) is 11.6 Å². The maximum absolute atomic E-state index is 13.4. The molecule has 0 N–H and O–H groups in total. The van der Waals surface area contributed by atoms with Crippen molar-refractivity contribution in [1.29, 1.82) is 0 Å². The molecule has 0 radical (unpaired) electrons. The van der Waals surface area contributed by atoms with Gasteiger partial charge in [-0.1, -0.05) is 5.21 Å². The molecule has 3 fully saturated rings. The van der Waals surface area contributed by atoms with Crippen LogP contribution in [0.2, 0.25) is 0 Å². The van der Waals surface area contributed by atoms with Crippen LogP contribution in [-0.4, -0.2) is 72.6 Å². The van der Waals surface area contributed by atoms with E-state index in [4.69, 9.17) is 0 Å². The third-order valence-electron chi connectivity index (χ3n) is 5.72. The van der Waals surface area contributed by atoms with Crippen LogP contribution >= 0.6 is 16.2 Å². The van der Waals surface area contributed by atoms with Crippen LogP contribution in [0.5, 0.6) is 0 Å². The van der Waals surface area contributed by atoms with E-state index in [2.05, 4.69) is 29.3 Å². The predicted molar refractivity (Wildman–Crippen MR) is 114 cm³/mol. The molecule has 5 rings (SSSR count). The van der Waals surface area contributed by atoms with Crippen molar-refractivity contribution >= 4 is 33.3 Å². The van der Waals surface area contributed by atoms with E-state index in [0.29, 0.717) is 5.65 Å². The molecule has 0 saturated carbocycles. The van der Waals surface area contributed by atoms with Gasteiger partial charge >= 0.3 is 33.0 Å². The zero-order valence-corrected chi connectivity index (χ0v) is 19.5. The van der Waals surface area contributed by atoms with Crippen molar-refractivity contribution in [3.05, 3.63) is 18.3 Å². The Hall–Kier alpha value is -1.62. The van der Waals surface area contributed by atoms with Crippen LogP contribution in [-0.2, 0) is 4.79 Å². The molecule has 3 aliphatic heterocycles. The van der Waals surface area contributed by atoms with Crippen molar-refractivity contribution in [3.8, 4) is 0 Å². The molecule has 0 aliphatic carbocycles. The van der Waals surface area contributed by atoms with Crippen LogP contribution in [0.25, 0.3) is 11.2 Å². The van der Waals surface area contributed by atoms with Crippen LogP contribution in [0.3, 0.4) is 0 Å². The second-order valence-electron chi connectivity index (χ2n) is 8.32. The first-order chi connectivity index (χ1) is 15.3. The minimum absolute atomic E-state index is 0.204. The Balaban J connectivity index is 0.000000325. The summed E-state index contributed by atoms with van der Waals surface area (Å²) >= 11 is 0. The van der Waals surface area contributed by atoms with Gasteiger partial charge in [-0.3, -0.25) is 4.79 Å². The molecule has 2 aromatic rings. The monoisotopic (exact) mass is 519 g/mol. The summed E-state index contributed by atoms with van der Waals surface area (Å²) in [4.78, 5) is 17.8. The minimum atomic E-state index is -10.7. The quantitative estimate of drug-likeness (QED) is 0.412. The second kappa shape index (κ2) is 8.25. The number of pyridine rings is 1. The molecule has 5 heterocycles. The first kappa shape index (κ1) is 24.5. The number of nitrogens with zero attached hydrogens (tertiary/aromatic N) is 7. The molecular weight excluding hydrogens is 494 g/mol. The Morgan fingerprint density at radius 3 is 2.00 bits per heavy atom. The topological polar surface area (TPSA) is 70.4 Å². The fourth-order valence-electron chi connectivity index (χ4n) is 4.46. The SMILES string of the molecule is F[P-](F)(F)(F)(F)F.O=C1C(n2nnc3cccnc32)CCN1[PH+](N1CCCC1)N1CCCC1. The molecule has 0 bridgehead atoms. The van der Waals surface area contributed by atoms with Gasteiger partial charge in [-0.2, -0.15) is 4.67 Å². The molecule has 0 aromatic carbocycles. The number of fused-ring (bicyclic) bond motifs is 1. The number of carbonyl (C=O) groups excluding carboxylic acids is 1. The maximum Gasteiger partial charge on any atom is 0.281 e. The summed E-state index contributed by atoms with van der Waals surface area (Å²) < 4.78 is 68.3. The van der Waals surface area contributed by atoms with Gasteiger partial charge in [0.05, 0.1) is 6.54 Å². The number of carbonyl (C=O) groups is 1. The molecule has 0 spiro atoms. The summed E-state index contributed by atoms with van der Waals surface area (Å²) in [5.41, 5.74) is 1.46. The van der Waals surface area contributed by atoms with Gasteiger partial charge in [-0.05, 0) is 37.8 Å². The van der Waals surface area contributed by atoms with Crippen molar-refractivity contribution in [3.63, 3.8) is 0 Å². The molecule has 1 unspecified atom stereocenters. The van der Waals surface area contributed by atoms with E-state index < -0.39 is 16.2 Å². The zero-order valence-electron chi connectivity index (χ0n) is 17.6. The normalized spacial score (nSPS) is 24.9. The van der Waals surface area contributed by atoms with E-state index in [-0.39, 0.29) is 11.9 Å². The van der Waals surface area contributed by atoms with Gasteiger partial charge in [0.25, 0.3) is 5.91 Å². The van der Waals surface area contributed by atoms with Crippen molar-refractivity contribution in [2.45, 2.75) is 38.1 Å². The minimum Gasteiger partial charge on any atom is -0.269 e. The van der Waals surface area contributed by atoms with Gasteiger partial charge in [0, 0.05) is 38.8 Å². The number of hydrogen-bond donors (Lipinski definition) is 0. The first-order valence-corrected chi connectivity index (χ1v) is 14.1. The Bertz CT molecular complexity index is 981. The number of rotatable bonds is 4. The Morgan fingerprint density at radius 1 is 0.909 bits per heavy atom. The van der Waals surface area contributed by atoms with Gasteiger partial charge < -0.3 is 0 Å². The summed E-state index contributed by atoms with van der Waals surface area (Å²) in [6.07, 6.45) is 7.55. The van der Waals surface area contributed by atoms with Crippen LogP contribution in [0.4, 0.5) is 25.2 Å². The number of aromatic nitrogens is 4. The Labute approximate surface area is 187 Å². The van der Waals surface area contributed by atoms with Gasteiger partial charge in [-0.25, -0.2) is 9.67 Å². The summed E-state index contributed by atoms with van der Waals surface area (Å²) in [6.45, 7) is 5.35. The van der Waals surface area contributed by atoms with Gasteiger partial charge in [-0.15, -0.1) is 14.4 Å². The third kappa shape index (κ3) is 6.49. The predicted octanol–water partition coefficient (Wildman–Crippen LogP) is 5.13. The molecule has 186 valence electrons. The molecule has 1 atom stereocenters. The van der Waals surface area contributed by atoms with Crippen LogP contribution in [0.15, 0.2) is 18.3 Å². The molecule has 2 aromatic heterocycles. The van der Waals surface area contributed by atoms with Gasteiger partial charge in [0.15, 0.2) is 5.65 Å². The summed E-state index contributed by atoms with van der Waals surface area (Å²) in [5.74, 6) is 0.204. The number of halogens is 6. The van der Waals surface area contributed by atoms with E-state index in [1.54, 1.807) is 10.9 Å². The molecule has 16 heteroatoms. The largest absolute Gasteiger partial charge is 0.281 e. The molecule has 1 amide bonds. The molecular formula is C17H25F6N7OP2. The van der Waals surface area contributed by atoms with E-state index in [9.17, 15) is 30.0 Å². The third-order valence-corrected chi connectivity index (χ3v) is 8.68. The zero-order chi connectivity index (χ0) is 23.9. The van der Waals surface area contributed by atoms with Crippen LogP contribution in [0.1, 0.15) is 38.1 Å². The summed E-state index contributed by atoms with van der Waals surface area (Å²) in [7, 11) is -11.8. The standard InChI is InChI=1S/C17H24N7OP.F6P/c25-17-15(24-16-14(19-20-24)6-5-8-18-16)7-13-23(17)26(21-9-1-2-10-21)22-11-3-4-12-22;1-7(2,3,4,5)6/h5-6,8,15H,1-4,7,9-13H2;/q;-1/p+1. The first-order valence-electron chi connectivity index (χ1n) is 10.7. The van der Waals surface area contributed by atoms with E-state index in [1.165, 1.54) is 25.7 Å². The van der Waals surface area contributed by atoms with E-state index >= 15 is 0 Å². The Morgan fingerprint density at radius 2 is 1.45 bits per heavy atom. The number of amides is 1.